The van der Waals surface area contributed by atoms with E-state index < -0.39 is 9.84 Å². The molecule has 0 aromatic carbocycles. The zero-order valence-corrected chi connectivity index (χ0v) is 9.79. The highest BCUT2D eigenvalue weighted by Gasteiger charge is 2.05. The molecule has 1 rings (SSSR count). The Kier molecular flexibility index (Phi) is 4.22. The molecule has 0 aliphatic carbocycles. The highest BCUT2D eigenvalue weighted by Crippen LogP contribution is 1.97. The van der Waals surface area contributed by atoms with Crippen LogP contribution >= 0.6 is 0 Å². The normalized spacial score (nSPS) is 11.9. The van der Waals surface area contributed by atoms with Crippen LogP contribution in [0.15, 0.2) is 6.33 Å². The van der Waals surface area contributed by atoms with Gasteiger partial charge >= 0.3 is 0 Å². The van der Waals surface area contributed by atoms with Crippen LogP contribution in [0.5, 0.6) is 0 Å². The number of hydrogen-bond acceptors (Lipinski definition) is 5. The second kappa shape index (κ2) is 5.22. The third-order valence-electron chi connectivity index (χ3n) is 1.92. The van der Waals surface area contributed by atoms with Gasteiger partial charge in [-0.25, -0.2) is 18.1 Å². The fourth-order valence-corrected chi connectivity index (χ4v) is 1.90. The Morgan fingerprint density at radius 3 is 2.87 bits per heavy atom. The quantitative estimate of drug-likeness (QED) is 0.711. The van der Waals surface area contributed by atoms with E-state index in [-0.39, 0.29) is 5.75 Å². The summed E-state index contributed by atoms with van der Waals surface area (Å²) in [6.45, 7) is 1.23. The molecule has 0 aliphatic heterocycles. The Hall–Kier alpha value is -0.950. The van der Waals surface area contributed by atoms with Gasteiger partial charge in [0.1, 0.15) is 22.0 Å². The fourth-order valence-electron chi connectivity index (χ4n) is 1.25. The van der Waals surface area contributed by atoms with Gasteiger partial charge in [-0.1, -0.05) is 0 Å². The molecule has 0 radical (unpaired) electrons. The van der Waals surface area contributed by atoms with Crippen molar-refractivity contribution in [1.29, 1.82) is 0 Å². The molecule has 0 unspecified atom stereocenters. The predicted molar refractivity (Wildman–Crippen MR) is 57.1 cm³/mol. The van der Waals surface area contributed by atoms with E-state index in [2.05, 4.69) is 15.4 Å². The Morgan fingerprint density at radius 1 is 1.53 bits per heavy atom. The first-order chi connectivity index (χ1) is 7.03. The molecular formula is C8H16N4O2S. The van der Waals surface area contributed by atoms with Gasteiger partial charge in [0.25, 0.3) is 0 Å². The molecule has 0 amide bonds. The monoisotopic (exact) mass is 232 g/mol. The lowest BCUT2D eigenvalue weighted by molar-refractivity contribution is 0.548. The van der Waals surface area contributed by atoms with Gasteiger partial charge in [0, 0.05) is 12.8 Å². The maximum absolute atomic E-state index is 10.9. The minimum absolute atomic E-state index is 0.186. The summed E-state index contributed by atoms with van der Waals surface area (Å²) in [4.78, 5) is 4.06. The van der Waals surface area contributed by atoms with E-state index in [1.54, 1.807) is 4.68 Å². The summed E-state index contributed by atoms with van der Waals surface area (Å²) in [5.74, 6) is 1.01. The number of nitrogens with zero attached hydrogens (tertiary/aromatic N) is 3. The molecule has 86 valence electrons. The van der Waals surface area contributed by atoms with Gasteiger partial charge in [-0.05, 0) is 13.5 Å². The number of rotatable bonds is 6. The van der Waals surface area contributed by atoms with Crippen LogP contribution in [0.3, 0.4) is 0 Å². The maximum atomic E-state index is 10.9. The van der Waals surface area contributed by atoms with E-state index in [1.807, 2.05) is 7.05 Å². The smallest absolute Gasteiger partial charge is 0.147 e. The minimum Gasteiger partial charge on any atom is -0.313 e. The lowest BCUT2D eigenvalue weighted by Crippen LogP contribution is -2.15. The van der Waals surface area contributed by atoms with Gasteiger partial charge < -0.3 is 5.32 Å². The molecule has 0 atom stereocenters. The molecule has 1 aromatic heterocycles. The van der Waals surface area contributed by atoms with Crippen molar-refractivity contribution in [3.05, 3.63) is 12.2 Å². The second-order valence-electron chi connectivity index (χ2n) is 3.41. The van der Waals surface area contributed by atoms with Gasteiger partial charge in [0.2, 0.25) is 0 Å². The molecule has 1 heterocycles. The second-order valence-corrected chi connectivity index (χ2v) is 5.67. The van der Waals surface area contributed by atoms with E-state index in [1.165, 1.54) is 12.6 Å². The van der Waals surface area contributed by atoms with Gasteiger partial charge in [0.05, 0.1) is 12.3 Å². The Morgan fingerprint density at radius 2 is 2.27 bits per heavy atom. The van der Waals surface area contributed by atoms with Gasteiger partial charge in [-0.3, -0.25) is 0 Å². The van der Waals surface area contributed by atoms with E-state index in [9.17, 15) is 8.42 Å². The lowest BCUT2D eigenvalue weighted by atomic mass is 10.4. The summed E-state index contributed by atoms with van der Waals surface area (Å²) in [5, 5.41) is 7.00. The summed E-state index contributed by atoms with van der Waals surface area (Å²) < 4.78 is 23.5. The van der Waals surface area contributed by atoms with Crippen molar-refractivity contribution in [1.82, 2.24) is 20.1 Å². The topological polar surface area (TPSA) is 76.9 Å². The Balaban J connectivity index is 2.47. The SMILES string of the molecule is CNCc1ncnn1CCCS(C)(=O)=O. The molecule has 0 saturated carbocycles. The first-order valence-corrected chi connectivity index (χ1v) is 6.78. The van der Waals surface area contributed by atoms with E-state index >= 15 is 0 Å². The first kappa shape index (κ1) is 12.1. The van der Waals surface area contributed by atoms with Crippen LogP contribution in [-0.2, 0) is 22.9 Å². The van der Waals surface area contributed by atoms with E-state index in [0.717, 1.165) is 5.82 Å². The van der Waals surface area contributed by atoms with Crippen molar-refractivity contribution in [2.24, 2.45) is 0 Å². The zero-order chi connectivity index (χ0) is 11.3. The number of sulfone groups is 1. The van der Waals surface area contributed by atoms with Crippen LogP contribution in [0.2, 0.25) is 0 Å². The molecule has 6 nitrogen and oxygen atoms in total. The van der Waals surface area contributed by atoms with Crippen molar-refractivity contribution in [2.45, 2.75) is 19.5 Å². The van der Waals surface area contributed by atoms with Crippen LogP contribution in [0.4, 0.5) is 0 Å². The maximum Gasteiger partial charge on any atom is 0.147 e. The van der Waals surface area contributed by atoms with Crippen molar-refractivity contribution in [3.8, 4) is 0 Å². The number of aromatic nitrogens is 3. The summed E-state index contributed by atoms with van der Waals surface area (Å²) in [6, 6.07) is 0. The molecular weight excluding hydrogens is 216 g/mol. The molecule has 15 heavy (non-hydrogen) atoms. The molecule has 0 fully saturated rings. The van der Waals surface area contributed by atoms with Crippen LogP contribution < -0.4 is 5.32 Å². The molecule has 0 saturated heterocycles. The molecule has 1 aromatic rings. The summed E-state index contributed by atoms with van der Waals surface area (Å²) in [5.41, 5.74) is 0. The van der Waals surface area contributed by atoms with Crippen molar-refractivity contribution in [2.75, 3.05) is 19.1 Å². The Bertz CT molecular complexity index is 399. The highest BCUT2D eigenvalue weighted by molar-refractivity contribution is 7.90. The largest absolute Gasteiger partial charge is 0.313 e. The summed E-state index contributed by atoms with van der Waals surface area (Å²) in [6.07, 6.45) is 3.29. The zero-order valence-electron chi connectivity index (χ0n) is 8.97. The van der Waals surface area contributed by atoms with Crippen LogP contribution in [0.25, 0.3) is 0 Å². The van der Waals surface area contributed by atoms with Crippen LogP contribution in [-0.4, -0.2) is 42.2 Å². The van der Waals surface area contributed by atoms with Crippen LogP contribution in [0.1, 0.15) is 12.2 Å². The molecule has 0 spiro atoms. The molecule has 1 N–H and O–H groups in total. The number of nitrogens with one attached hydrogen (secondary N) is 1. The van der Waals surface area contributed by atoms with E-state index in [0.29, 0.717) is 19.5 Å². The van der Waals surface area contributed by atoms with Gasteiger partial charge in [-0.2, -0.15) is 5.10 Å². The van der Waals surface area contributed by atoms with E-state index in [4.69, 9.17) is 0 Å². The first-order valence-electron chi connectivity index (χ1n) is 4.72. The predicted octanol–water partition coefficient (Wildman–Crippen LogP) is -0.568. The molecule has 7 heteroatoms. The minimum atomic E-state index is -2.88. The fraction of sp³-hybridized carbons (Fsp3) is 0.750. The average molecular weight is 232 g/mol. The summed E-state index contributed by atoms with van der Waals surface area (Å²) >= 11 is 0. The standard InChI is InChI=1S/C8H16N4O2S/c1-9-6-8-10-7-11-12(8)4-3-5-15(2,13)14/h7,9H,3-6H2,1-2H3. The lowest BCUT2D eigenvalue weighted by Gasteiger charge is -2.04. The van der Waals surface area contributed by atoms with Crippen molar-refractivity contribution in [3.63, 3.8) is 0 Å². The van der Waals surface area contributed by atoms with Gasteiger partial charge in [0.15, 0.2) is 0 Å². The number of aryl methyl sites for hydroxylation is 1. The van der Waals surface area contributed by atoms with Crippen molar-refractivity contribution >= 4 is 9.84 Å². The third kappa shape index (κ3) is 4.39. The molecule has 0 bridgehead atoms. The third-order valence-corrected chi connectivity index (χ3v) is 2.95. The van der Waals surface area contributed by atoms with Crippen LogP contribution in [0, 0.1) is 0 Å². The molecule has 0 aliphatic rings. The van der Waals surface area contributed by atoms with Crippen molar-refractivity contribution < 1.29 is 8.42 Å². The van der Waals surface area contributed by atoms with Gasteiger partial charge in [-0.15, -0.1) is 0 Å². The Labute approximate surface area is 89.6 Å². The summed E-state index contributed by atoms with van der Waals surface area (Å²) in [7, 11) is -1.05. The number of hydrogen-bond donors (Lipinski definition) is 1. The average Bonchev–Trinajstić information content (AvgIpc) is 2.51. The highest BCUT2D eigenvalue weighted by atomic mass is 32.2.